The number of ether oxygens (including phenoxy) is 1. The highest BCUT2D eigenvalue weighted by atomic mass is 32.1. The van der Waals surface area contributed by atoms with E-state index in [1.54, 1.807) is 50.5 Å². The molecule has 0 unspecified atom stereocenters. The number of halogens is 1. The molecule has 13 heteroatoms. The van der Waals surface area contributed by atoms with E-state index in [1.165, 1.54) is 16.2 Å². The average molecular weight is 681 g/mol. The molecule has 2 aromatic carbocycles. The summed E-state index contributed by atoms with van der Waals surface area (Å²) in [4.78, 5) is 57.7. The van der Waals surface area contributed by atoms with Gasteiger partial charge in [0.15, 0.2) is 5.67 Å². The lowest BCUT2D eigenvalue weighted by molar-refractivity contribution is -0.145. The Morgan fingerprint density at radius 1 is 1.15 bits per heavy atom. The first-order valence-corrected chi connectivity index (χ1v) is 16.8. The smallest absolute Gasteiger partial charge is 0.335 e. The summed E-state index contributed by atoms with van der Waals surface area (Å²) < 4.78 is 20.7. The van der Waals surface area contributed by atoms with Crippen molar-refractivity contribution in [2.24, 2.45) is 5.41 Å². The van der Waals surface area contributed by atoms with E-state index in [-0.39, 0.29) is 44.5 Å². The summed E-state index contributed by atoms with van der Waals surface area (Å²) in [7, 11) is 0. The van der Waals surface area contributed by atoms with E-state index in [4.69, 9.17) is 9.84 Å². The van der Waals surface area contributed by atoms with E-state index in [0.29, 0.717) is 17.7 Å². The minimum absolute atomic E-state index is 0.0169. The first kappa shape index (κ1) is 35.0. The van der Waals surface area contributed by atoms with Crippen molar-refractivity contribution in [3.8, 4) is 16.2 Å². The Balaban J connectivity index is 1.30. The molecule has 1 aliphatic carbocycles. The van der Waals surface area contributed by atoms with Crippen LogP contribution in [0.4, 0.5) is 4.39 Å². The number of thiazole rings is 1. The van der Waals surface area contributed by atoms with Crippen LogP contribution in [0.25, 0.3) is 10.4 Å². The number of likely N-dealkylation sites (tertiary alicyclic amines) is 1. The molecule has 2 aliphatic rings. The highest BCUT2D eigenvalue weighted by Crippen LogP contribution is 2.40. The molecule has 5 rings (SSSR count). The van der Waals surface area contributed by atoms with Crippen molar-refractivity contribution in [2.45, 2.75) is 83.8 Å². The molecule has 0 bridgehead atoms. The van der Waals surface area contributed by atoms with Gasteiger partial charge in [-0.25, -0.2) is 14.2 Å². The number of benzene rings is 2. The zero-order valence-electron chi connectivity index (χ0n) is 27.4. The number of hydrogen-bond acceptors (Lipinski definition) is 8. The number of aliphatic hydroxyl groups excluding tert-OH is 1. The Morgan fingerprint density at radius 2 is 1.85 bits per heavy atom. The van der Waals surface area contributed by atoms with Gasteiger partial charge in [0.25, 0.3) is 5.91 Å². The largest absolute Gasteiger partial charge is 0.493 e. The fraction of sp³-hybridized carbons (Fsp3) is 0.457. The van der Waals surface area contributed by atoms with Gasteiger partial charge in [-0.15, -0.1) is 11.3 Å². The van der Waals surface area contributed by atoms with E-state index in [2.05, 4.69) is 15.6 Å². The van der Waals surface area contributed by atoms with Gasteiger partial charge >= 0.3 is 5.97 Å². The van der Waals surface area contributed by atoms with Gasteiger partial charge in [-0.3, -0.25) is 14.4 Å². The molecule has 0 radical (unpaired) electrons. The molecule has 1 saturated carbocycles. The number of β-amino-alcohol motifs (C(OH)–C–C–N with tert-alkyl or cyclic N) is 1. The Bertz CT molecular complexity index is 1680. The van der Waals surface area contributed by atoms with Crippen molar-refractivity contribution in [3.05, 3.63) is 70.4 Å². The minimum Gasteiger partial charge on any atom is -0.493 e. The maximum atomic E-state index is 14.5. The summed E-state index contributed by atoms with van der Waals surface area (Å²) in [6.07, 6.45) is -0.200. The van der Waals surface area contributed by atoms with Gasteiger partial charge in [0, 0.05) is 31.5 Å². The number of aliphatic hydroxyl groups is 1. The second-order valence-electron chi connectivity index (χ2n) is 13.5. The van der Waals surface area contributed by atoms with Crippen molar-refractivity contribution in [2.75, 3.05) is 13.2 Å². The number of aryl methyl sites for hydroxylation is 1. The lowest BCUT2D eigenvalue weighted by Crippen LogP contribution is -2.59. The number of alkyl halides is 1. The lowest BCUT2D eigenvalue weighted by Gasteiger charge is -2.35. The number of carboxylic acid groups (broad SMARTS) is 1. The molecule has 3 atom stereocenters. The molecule has 256 valence electrons. The Morgan fingerprint density at radius 3 is 2.46 bits per heavy atom. The first-order valence-electron chi connectivity index (χ1n) is 15.9. The van der Waals surface area contributed by atoms with Crippen LogP contribution in [0.1, 0.15) is 67.2 Å². The molecule has 2 fully saturated rings. The number of carboxylic acids is 1. The maximum Gasteiger partial charge on any atom is 0.335 e. The lowest BCUT2D eigenvalue weighted by atomic mass is 9.85. The topological polar surface area (TPSA) is 158 Å². The van der Waals surface area contributed by atoms with Crippen molar-refractivity contribution in [3.63, 3.8) is 0 Å². The Labute approximate surface area is 282 Å². The van der Waals surface area contributed by atoms with E-state index in [9.17, 15) is 28.7 Å². The maximum absolute atomic E-state index is 14.5. The third-order valence-electron chi connectivity index (χ3n) is 8.73. The predicted octanol–water partition coefficient (Wildman–Crippen LogP) is 4.05. The zero-order valence-corrected chi connectivity index (χ0v) is 28.2. The third kappa shape index (κ3) is 8.01. The summed E-state index contributed by atoms with van der Waals surface area (Å²) in [5.41, 5.74) is 2.57. The molecule has 3 aromatic rings. The molecule has 2 heterocycles. The van der Waals surface area contributed by atoms with Gasteiger partial charge in [0.2, 0.25) is 11.8 Å². The number of amides is 3. The van der Waals surface area contributed by atoms with Crippen molar-refractivity contribution in [1.82, 2.24) is 20.5 Å². The molecule has 1 aromatic heterocycles. The summed E-state index contributed by atoms with van der Waals surface area (Å²) in [5.74, 6) is -2.32. The normalized spacial score (nSPS) is 19.0. The Hall–Kier alpha value is -4.36. The Kier molecular flexibility index (Phi) is 10.2. The number of aromatic nitrogens is 1. The van der Waals surface area contributed by atoms with Gasteiger partial charge < -0.3 is 30.5 Å². The first-order chi connectivity index (χ1) is 22.7. The van der Waals surface area contributed by atoms with Crippen molar-refractivity contribution < 1.29 is 38.5 Å². The number of rotatable bonds is 12. The number of carbonyl (C=O) groups excluding carboxylic acids is 3. The van der Waals surface area contributed by atoms with E-state index in [0.717, 1.165) is 21.7 Å². The zero-order chi connectivity index (χ0) is 34.8. The van der Waals surface area contributed by atoms with E-state index in [1.807, 2.05) is 25.1 Å². The quantitative estimate of drug-likeness (QED) is 0.223. The molecular weight excluding hydrogens is 639 g/mol. The second-order valence-corrected chi connectivity index (χ2v) is 14.4. The molecule has 3 amide bonds. The van der Waals surface area contributed by atoms with Crippen LogP contribution in [0.15, 0.2) is 48.0 Å². The molecule has 1 saturated heterocycles. The summed E-state index contributed by atoms with van der Waals surface area (Å²) in [5, 5.41) is 25.1. The number of nitrogens with zero attached hydrogens (tertiary/aromatic N) is 2. The monoisotopic (exact) mass is 680 g/mol. The van der Waals surface area contributed by atoms with E-state index < -0.39 is 53.0 Å². The molecule has 11 nitrogen and oxygen atoms in total. The van der Waals surface area contributed by atoms with Gasteiger partial charge in [-0.05, 0) is 54.5 Å². The third-order valence-corrected chi connectivity index (χ3v) is 9.70. The van der Waals surface area contributed by atoms with Gasteiger partial charge in [-0.2, -0.15) is 0 Å². The molecule has 48 heavy (non-hydrogen) atoms. The van der Waals surface area contributed by atoms with Crippen LogP contribution in [-0.2, 0) is 27.3 Å². The fourth-order valence-corrected chi connectivity index (χ4v) is 6.47. The minimum atomic E-state index is -1.97. The summed E-state index contributed by atoms with van der Waals surface area (Å²) >= 11 is 1.50. The van der Waals surface area contributed by atoms with Crippen molar-refractivity contribution >= 4 is 35.0 Å². The summed E-state index contributed by atoms with van der Waals surface area (Å²) in [6.45, 7) is 7.43. The van der Waals surface area contributed by atoms with Crippen LogP contribution in [-0.4, -0.2) is 80.8 Å². The molecule has 1 aliphatic heterocycles. The van der Waals surface area contributed by atoms with Crippen LogP contribution in [0.5, 0.6) is 5.75 Å². The highest BCUT2D eigenvalue weighted by Gasteiger charge is 2.53. The highest BCUT2D eigenvalue weighted by molar-refractivity contribution is 7.13. The number of aromatic carboxylic acids is 1. The van der Waals surface area contributed by atoms with Crippen LogP contribution in [0, 0.1) is 12.3 Å². The SMILES string of the molecule is Cc1ncsc1-c1ccc(CNC(=O)[C@@H]2C[C@@H](O)CN2C(=O)[C@@H](NC(=O)C2(F)CC2)C(C)(C)C)c(OCCc2ccc(C(=O)O)cc2)c1. The standard InChI is InChI=1S/C35H41FN4O7S/c1-20-28(48-19-38-20)23-9-10-24(27(15-23)47-14-11-21-5-7-22(8-6-21)32(44)45)17-37-30(42)26-16-25(41)18-40(26)31(43)29(34(2,3)4)39-33(46)35(36)12-13-35/h5-10,15,19,25-26,29,41H,11-14,16-18H2,1-4H3,(H,37,42)(H,39,46)(H,44,45)/t25-,26+,29-/m1/s1. The number of nitrogens with one attached hydrogen (secondary N) is 2. The number of hydrogen-bond donors (Lipinski definition) is 4. The van der Waals surface area contributed by atoms with E-state index >= 15 is 0 Å². The van der Waals surface area contributed by atoms with Crippen LogP contribution in [0.2, 0.25) is 0 Å². The molecular formula is C35H41FN4O7S. The summed E-state index contributed by atoms with van der Waals surface area (Å²) in [6, 6.07) is 10.1. The van der Waals surface area contributed by atoms with Crippen LogP contribution < -0.4 is 15.4 Å². The average Bonchev–Trinajstić information content (AvgIpc) is 3.45. The van der Waals surface area contributed by atoms with Crippen molar-refractivity contribution in [1.29, 1.82) is 0 Å². The van der Waals surface area contributed by atoms with Gasteiger partial charge in [-0.1, -0.05) is 45.0 Å². The van der Waals surface area contributed by atoms with Gasteiger partial charge in [0.05, 0.1) is 34.4 Å². The molecule has 4 N–H and O–H groups in total. The van der Waals surface area contributed by atoms with Crippen LogP contribution in [0.3, 0.4) is 0 Å². The fourth-order valence-electron chi connectivity index (χ4n) is 5.67. The number of carbonyl (C=O) groups is 4. The predicted molar refractivity (Wildman–Crippen MR) is 177 cm³/mol. The second kappa shape index (κ2) is 14.0. The molecule has 0 spiro atoms. The van der Waals surface area contributed by atoms with Gasteiger partial charge in [0.1, 0.15) is 17.8 Å². The van der Waals surface area contributed by atoms with Crippen LogP contribution >= 0.6 is 11.3 Å².